The van der Waals surface area contributed by atoms with Crippen LogP contribution in [0.3, 0.4) is 0 Å². The van der Waals surface area contributed by atoms with E-state index < -0.39 is 5.97 Å². The third kappa shape index (κ3) is 4.08. The van der Waals surface area contributed by atoms with Gasteiger partial charge in [0, 0.05) is 13.6 Å². The summed E-state index contributed by atoms with van der Waals surface area (Å²) in [6.45, 7) is 2.07. The molecule has 0 unspecified atom stereocenters. The zero-order valence-corrected chi connectivity index (χ0v) is 14.9. The fourth-order valence-corrected chi connectivity index (χ4v) is 2.77. The molecular formula is C20H21N3O3. The first kappa shape index (κ1) is 17.7. The summed E-state index contributed by atoms with van der Waals surface area (Å²) < 4.78 is 6.95. The smallest absolute Gasteiger partial charge is 0.326 e. The first-order chi connectivity index (χ1) is 12.5. The van der Waals surface area contributed by atoms with Crippen molar-refractivity contribution in [3.63, 3.8) is 0 Å². The molecule has 3 aromatic rings. The molecule has 6 heteroatoms. The summed E-state index contributed by atoms with van der Waals surface area (Å²) in [7, 11) is 1.69. The average Bonchev–Trinajstić information content (AvgIpc) is 2.96. The Morgan fingerprint density at radius 1 is 1.08 bits per heavy atom. The Balaban J connectivity index is 1.55. The number of hydrogen-bond donors (Lipinski definition) is 0. The molecule has 0 aliphatic rings. The maximum absolute atomic E-state index is 12.2. The van der Waals surface area contributed by atoms with Crippen LogP contribution >= 0.6 is 0 Å². The van der Waals surface area contributed by atoms with Gasteiger partial charge in [-0.3, -0.25) is 9.59 Å². The number of imidazole rings is 1. The molecule has 0 aliphatic carbocycles. The summed E-state index contributed by atoms with van der Waals surface area (Å²) in [5.74, 6) is 0.0304. The zero-order valence-electron chi connectivity index (χ0n) is 14.9. The van der Waals surface area contributed by atoms with E-state index in [0.29, 0.717) is 6.54 Å². The number of hydrogen-bond acceptors (Lipinski definition) is 4. The molecule has 0 radical (unpaired) electrons. The number of benzene rings is 2. The highest BCUT2D eigenvalue weighted by molar-refractivity contribution is 5.82. The van der Waals surface area contributed by atoms with Crippen LogP contribution in [-0.2, 0) is 27.4 Å². The van der Waals surface area contributed by atoms with Crippen molar-refractivity contribution in [2.45, 2.75) is 20.0 Å². The Bertz CT molecular complexity index is 918. The SMILES string of the molecule is Cc1nc2ccccc2n1CC(=O)OCC(=O)N(C)Cc1ccccc1. The van der Waals surface area contributed by atoms with E-state index in [0.717, 1.165) is 22.4 Å². The summed E-state index contributed by atoms with van der Waals surface area (Å²) in [4.78, 5) is 30.3. The van der Waals surface area contributed by atoms with Crippen LogP contribution < -0.4 is 0 Å². The van der Waals surface area contributed by atoms with Gasteiger partial charge in [-0.05, 0) is 24.6 Å². The van der Waals surface area contributed by atoms with Gasteiger partial charge < -0.3 is 14.2 Å². The highest BCUT2D eigenvalue weighted by Crippen LogP contribution is 2.15. The molecule has 6 nitrogen and oxygen atoms in total. The first-order valence-corrected chi connectivity index (χ1v) is 8.40. The zero-order chi connectivity index (χ0) is 18.5. The normalized spacial score (nSPS) is 10.7. The summed E-state index contributed by atoms with van der Waals surface area (Å²) in [5.41, 5.74) is 2.72. The number of carbonyl (C=O) groups is 2. The highest BCUT2D eigenvalue weighted by atomic mass is 16.5. The van der Waals surface area contributed by atoms with Gasteiger partial charge in [-0.2, -0.15) is 0 Å². The molecule has 26 heavy (non-hydrogen) atoms. The molecule has 1 amide bonds. The molecule has 0 atom stereocenters. The number of nitrogens with zero attached hydrogens (tertiary/aromatic N) is 3. The lowest BCUT2D eigenvalue weighted by molar-refractivity contribution is -0.152. The van der Waals surface area contributed by atoms with Crippen molar-refractivity contribution < 1.29 is 14.3 Å². The second-order valence-corrected chi connectivity index (χ2v) is 6.13. The van der Waals surface area contributed by atoms with E-state index in [1.165, 1.54) is 0 Å². The monoisotopic (exact) mass is 351 g/mol. The number of aromatic nitrogens is 2. The average molecular weight is 351 g/mol. The van der Waals surface area contributed by atoms with Crippen LogP contribution in [0.1, 0.15) is 11.4 Å². The van der Waals surface area contributed by atoms with Crippen LogP contribution in [0.4, 0.5) is 0 Å². The quantitative estimate of drug-likeness (QED) is 0.640. The molecule has 1 heterocycles. The Kier molecular flexibility index (Phi) is 5.31. The van der Waals surface area contributed by atoms with Crippen molar-refractivity contribution in [3.8, 4) is 0 Å². The Labute approximate surface area is 152 Å². The molecule has 134 valence electrons. The summed E-state index contributed by atoms with van der Waals surface area (Å²) in [5, 5.41) is 0. The maximum atomic E-state index is 12.2. The largest absolute Gasteiger partial charge is 0.454 e. The predicted molar refractivity (Wildman–Crippen MR) is 98.3 cm³/mol. The molecule has 0 bridgehead atoms. The summed E-state index contributed by atoms with van der Waals surface area (Å²) in [6, 6.07) is 17.3. The minimum Gasteiger partial charge on any atom is -0.454 e. The van der Waals surface area contributed by atoms with Crippen molar-refractivity contribution in [1.82, 2.24) is 14.5 Å². The Hall–Kier alpha value is -3.15. The van der Waals surface area contributed by atoms with Gasteiger partial charge in [0.15, 0.2) is 6.61 Å². The number of likely N-dealkylation sites (N-methyl/N-ethyl adjacent to an activating group) is 1. The number of fused-ring (bicyclic) bond motifs is 1. The van der Waals surface area contributed by atoms with Gasteiger partial charge in [0.05, 0.1) is 11.0 Å². The van der Waals surface area contributed by atoms with Gasteiger partial charge in [0.25, 0.3) is 5.91 Å². The van der Waals surface area contributed by atoms with Crippen LogP contribution in [0.15, 0.2) is 54.6 Å². The van der Waals surface area contributed by atoms with Crippen LogP contribution in [0.25, 0.3) is 11.0 Å². The van der Waals surface area contributed by atoms with Crippen molar-refractivity contribution >= 4 is 22.9 Å². The Morgan fingerprint density at radius 3 is 2.54 bits per heavy atom. The second-order valence-electron chi connectivity index (χ2n) is 6.13. The molecule has 1 aromatic heterocycles. The van der Waals surface area contributed by atoms with Gasteiger partial charge >= 0.3 is 5.97 Å². The molecule has 0 aliphatic heterocycles. The molecular weight excluding hydrogens is 330 g/mol. The van der Waals surface area contributed by atoms with Gasteiger partial charge in [-0.25, -0.2) is 4.98 Å². The number of aryl methyl sites for hydroxylation is 1. The van der Waals surface area contributed by atoms with Crippen LogP contribution in [0, 0.1) is 6.92 Å². The molecule has 3 rings (SSSR count). The van der Waals surface area contributed by atoms with Crippen molar-refractivity contribution in [2.24, 2.45) is 0 Å². The number of carbonyl (C=O) groups excluding carboxylic acids is 2. The topological polar surface area (TPSA) is 64.4 Å². The molecule has 2 aromatic carbocycles. The molecule has 0 N–H and O–H groups in total. The second kappa shape index (κ2) is 7.82. The third-order valence-electron chi connectivity index (χ3n) is 4.18. The lowest BCUT2D eigenvalue weighted by atomic mass is 10.2. The lowest BCUT2D eigenvalue weighted by Crippen LogP contribution is -2.31. The van der Waals surface area contributed by atoms with E-state index in [4.69, 9.17) is 4.74 Å². The fraction of sp³-hybridized carbons (Fsp3) is 0.250. The van der Waals surface area contributed by atoms with E-state index in [1.807, 2.05) is 61.5 Å². The van der Waals surface area contributed by atoms with Gasteiger partial charge in [-0.15, -0.1) is 0 Å². The van der Waals surface area contributed by atoms with E-state index in [1.54, 1.807) is 16.5 Å². The van der Waals surface area contributed by atoms with Crippen LogP contribution in [0.5, 0.6) is 0 Å². The minimum atomic E-state index is -0.460. The molecule has 0 saturated heterocycles. The van der Waals surface area contributed by atoms with Gasteiger partial charge in [0.2, 0.25) is 0 Å². The highest BCUT2D eigenvalue weighted by Gasteiger charge is 2.15. The third-order valence-corrected chi connectivity index (χ3v) is 4.18. The predicted octanol–water partition coefficient (Wildman–Crippen LogP) is 2.55. The Morgan fingerprint density at radius 2 is 1.77 bits per heavy atom. The number of rotatable bonds is 6. The molecule has 0 fully saturated rings. The fourth-order valence-electron chi connectivity index (χ4n) is 2.77. The lowest BCUT2D eigenvalue weighted by Gasteiger charge is -2.17. The van der Waals surface area contributed by atoms with E-state index >= 15 is 0 Å². The minimum absolute atomic E-state index is 0.0298. The van der Waals surface area contributed by atoms with Crippen molar-refractivity contribution in [1.29, 1.82) is 0 Å². The number of esters is 1. The molecule has 0 spiro atoms. The summed E-state index contributed by atoms with van der Waals surface area (Å²) >= 11 is 0. The summed E-state index contributed by atoms with van der Waals surface area (Å²) in [6.07, 6.45) is 0. The van der Waals surface area contributed by atoms with Crippen LogP contribution in [0.2, 0.25) is 0 Å². The van der Waals surface area contributed by atoms with Crippen LogP contribution in [-0.4, -0.2) is 40.0 Å². The van der Waals surface area contributed by atoms with Crippen molar-refractivity contribution in [2.75, 3.05) is 13.7 Å². The van der Waals surface area contributed by atoms with E-state index in [2.05, 4.69) is 4.98 Å². The first-order valence-electron chi connectivity index (χ1n) is 8.40. The van der Waals surface area contributed by atoms with E-state index in [-0.39, 0.29) is 19.1 Å². The van der Waals surface area contributed by atoms with E-state index in [9.17, 15) is 9.59 Å². The van der Waals surface area contributed by atoms with Gasteiger partial charge in [-0.1, -0.05) is 42.5 Å². The maximum Gasteiger partial charge on any atom is 0.326 e. The van der Waals surface area contributed by atoms with Crippen molar-refractivity contribution in [3.05, 3.63) is 66.0 Å². The standard InChI is InChI=1S/C20H21N3O3/c1-15-21-17-10-6-7-11-18(17)23(15)13-20(25)26-14-19(24)22(2)12-16-8-4-3-5-9-16/h3-11H,12-14H2,1-2H3. The number of amides is 1. The molecule has 0 saturated carbocycles. The van der Waals surface area contributed by atoms with Gasteiger partial charge in [0.1, 0.15) is 12.4 Å². The number of para-hydroxylation sites is 2. The number of ether oxygens (including phenoxy) is 1.